The van der Waals surface area contributed by atoms with E-state index in [2.05, 4.69) is 22.3 Å². The van der Waals surface area contributed by atoms with Crippen LogP contribution in [-0.4, -0.2) is 31.0 Å². The number of hydrogen-bond donors (Lipinski definition) is 1. The van der Waals surface area contributed by atoms with E-state index in [1.807, 2.05) is 36.4 Å². The molecule has 1 atom stereocenters. The maximum Gasteiger partial charge on any atom is 0.221 e. The number of carbonyl (C=O) groups is 1. The van der Waals surface area contributed by atoms with E-state index in [0.29, 0.717) is 24.5 Å². The summed E-state index contributed by atoms with van der Waals surface area (Å²) < 4.78 is 5.47. The Bertz CT molecular complexity index is 706. The van der Waals surface area contributed by atoms with Crippen molar-refractivity contribution in [2.75, 3.05) is 20.2 Å². The summed E-state index contributed by atoms with van der Waals surface area (Å²) in [5.41, 5.74) is 2.09. The molecule has 24 heavy (non-hydrogen) atoms. The minimum atomic E-state index is 0.0229. The Hall–Kier alpha value is -2.04. The van der Waals surface area contributed by atoms with Crippen LogP contribution in [-0.2, 0) is 11.3 Å². The number of amides is 1. The van der Waals surface area contributed by atoms with Crippen molar-refractivity contribution in [3.63, 3.8) is 0 Å². The molecule has 3 rings (SSSR count). The van der Waals surface area contributed by atoms with Gasteiger partial charge in [-0.25, -0.2) is 0 Å². The molecule has 1 N–H and O–H groups in total. The lowest BCUT2D eigenvalue weighted by Crippen LogP contribution is -2.30. The molecule has 0 aliphatic carbocycles. The van der Waals surface area contributed by atoms with E-state index in [1.54, 1.807) is 7.11 Å². The molecule has 1 unspecified atom stereocenters. The van der Waals surface area contributed by atoms with Crippen molar-refractivity contribution in [2.45, 2.75) is 19.0 Å². The Kier molecular flexibility index (Phi) is 5.38. The first kappa shape index (κ1) is 16.8. The molecule has 1 fully saturated rings. The standard InChI is InChI=1S/C19H21ClN2O2/c1-24-18-9-5-8-16(20)15(18)13-22-11-10-21-19(23)12-17(22)14-6-3-2-4-7-14/h2-9,17H,10-13H2,1H3,(H,21,23). The fraction of sp³-hybridized carbons (Fsp3) is 0.316. The third kappa shape index (κ3) is 3.71. The Balaban J connectivity index is 1.93. The van der Waals surface area contributed by atoms with E-state index < -0.39 is 0 Å². The third-order valence-electron chi connectivity index (χ3n) is 4.38. The summed E-state index contributed by atoms with van der Waals surface area (Å²) in [6, 6.07) is 15.8. The van der Waals surface area contributed by atoms with E-state index in [9.17, 15) is 4.79 Å². The van der Waals surface area contributed by atoms with E-state index in [1.165, 1.54) is 0 Å². The van der Waals surface area contributed by atoms with Gasteiger partial charge in [-0.2, -0.15) is 0 Å². The number of nitrogens with one attached hydrogen (secondary N) is 1. The SMILES string of the molecule is COc1cccc(Cl)c1CN1CCNC(=O)CC1c1ccccc1. The van der Waals surface area contributed by atoms with Crippen LogP contribution in [0.15, 0.2) is 48.5 Å². The molecule has 0 aromatic heterocycles. The number of hydrogen-bond acceptors (Lipinski definition) is 3. The molecule has 2 aromatic rings. The number of carbonyl (C=O) groups excluding carboxylic acids is 1. The van der Waals surface area contributed by atoms with Gasteiger partial charge in [-0.1, -0.05) is 48.0 Å². The molecule has 1 amide bonds. The molecule has 1 aliphatic rings. The van der Waals surface area contributed by atoms with Gasteiger partial charge in [0.1, 0.15) is 5.75 Å². The highest BCUT2D eigenvalue weighted by Crippen LogP contribution is 2.32. The maximum absolute atomic E-state index is 12.1. The van der Waals surface area contributed by atoms with Crippen LogP contribution in [0.3, 0.4) is 0 Å². The van der Waals surface area contributed by atoms with Crippen LogP contribution in [0.25, 0.3) is 0 Å². The molecule has 0 radical (unpaired) electrons. The average Bonchev–Trinajstić information content (AvgIpc) is 2.79. The molecule has 1 aliphatic heterocycles. The monoisotopic (exact) mass is 344 g/mol. The van der Waals surface area contributed by atoms with Gasteiger partial charge in [0.15, 0.2) is 0 Å². The zero-order valence-corrected chi connectivity index (χ0v) is 14.4. The quantitative estimate of drug-likeness (QED) is 0.924. The van der Waals surface area contributed by atoms with E-state index in [-0.39, 0.29) is 11.9 Å². The van der Waals surface area contributed by atoms with Gasteiger partial charge in [0.2, 0.25) is 5.91 Å². The molecule has 1 saturated heterocycles. The van der Waals surface area contributed by atoms with Crippen LogP contribution < -0.4 is 10.1 Å². The summed E-state index contributed by atoms with van der Waals surface area (Å²) in [6.07, 6.45) is 0.441. The first-order valence-electron chi connectivity index (χ1n) is 8.06. The van der Waals surface area contributed by atoms with Crippen molar-refractivity contribution in [3.05, 3.63) is 64.7 Å². The number of halogens is 1. The first-order valence-corrected chi connectivity index (χ1v) is 8.44. The number of methoxy groups -OCH3 is 1. The van der Waals surface area contributed by atoms with Gasteiger partial charge in [-0.05, 0) is 17.7 Å². The fourth-order valence-corrected chi connectivity index (χ4v) is 3.38. The van der Waals surface area contributed by atoms with E-state index in [4.69, 9.17) is 16.3 Å². The van der Waals surface area contributed by atoms with Crippen molar-refractivity contribution < 1.29 is 9.53 Å². The molecule has 2 aromatic carbocycles. The molecule has 5 heteroatoms. The van der Waals surface area contributed by atoms with Crippen molar-refractivity contribution in [2.24, 2.45) is 0 Å². The lowest BCUT2D eigenvalue weighted by molar-refractivity contribution is -0.121. The summed E-state index contributed by atoms with van der Waals surface area (Å²) in [5, 5.41) is 3.64. The summed E-state index contributed by atoms with van der Waals surface area (Å²) in [4.78, 5) is 14.4. The lowest BCUT2D eigenvalue weighted by atomic mass is 10.0. The smallest absolute Gasteiger partial charge is 0.221 e. The van der Waals surface area contributed by atoms with E-state index >= 15 is 0 Å². The minimum absolute atomic E-state index is 0.0229. The van der Waals surface area contributed by atoms with Gasteiger partial charge in [0.05, 0.1) is 7.11 Å². The van der Waals surface area contributed by atoms with Crippen LogP contribution in [0.4, 0.5) is 0 Å². The van der Waals surface area contributed by atoms with Gasteiger partial charge >= 0.3 is 0 Å². The number of nitrogens with zero attached hydrogens (tertiary/aromatic N) is 1. The molecule has 126 valence electrons. The highest BCUT2D eigenvalue weighted by Gasteiger charge is 2.27. The second-order valence-corrected chi connectivity index (χ2v) is 6.28. The average molecular weight is 345 g/mol. The largest absolute Gasteiger partial charge is 0.496 e. The molecule has 0 bridgehead atoms. The van der Waals surface area contributed by atoms with Gasteiger partial charge in [-0.3, -0.25) is 9.69 Å². The fourth-order valence-electron chi connectivity index (χ4n) is 3.15. The third-order valence-corrected chi connectivity index (χ3v) is 4.74. The predicted octanol–water partition coefficient (Wildman–Crippen LogP) is 3.41. The maximum atomic E-state index is 12.1. The Morgan fingerprint density at radius 2 is 2.00 bits per heavy atom. The zero-order chi connectivity index (χ0) is 16.9. The van der Waals surface area contributed by atoms with Crippen molar-refractivity contribution in [1.29, 1.82) is 0 Å². The summed E-state index contributed by atoms with van der Waals surface area (Å²) in [7, 11) is 1.65. The van der Waals surface area contributed by atoms with Gasteiger partial charge in [-0.15, -0.1) is 0 Å². The van der Waals surface area contributed by atoms with Crippen molar-refractivity contribution in [1.82, 2.24) is 10.2 Å². The zero-order valence-electron chi connectivity index (χ0n) is 13.7. The van der Waals surface area contributed by atoms with Crippen LogP contribution in [0.2, 0.25) is 5.02 Å². The summed E-state index contributed by atoms with van der Waals surface area (Å²) >= 11 is 6.40. The second kappa shape index (κ2) is 7.69. The van der Waals surface area contributed by atoms with Crippen LogP contribution in [0, 0.1) is 0 Å². The summed E-state index contributed by atoms with van der Waals surface area (Å²) in [6.45, 7) is 2.03. The first-order chi connectivity index (χ1) is 11.7. The van der Waals surface area contributed by atoms with Crippen LogP contribution in [0.5, 0.6) is 5.75 Å². The normalized spacial score (nSPS) is 18.8. The number of benzene rings is 2. The van der Waals surface area contributed by atoms with Gasteiger partial charge in [0.25, 0.3) is 0 Å². The highest BCUT2D eigenvalue weighted by molar-refractivity contribution is 6.31. The predicted molar refractivity (Wildman–Crippen MR) is 95.2 cm³/mol. The topological polar surface area (TPSA) is 41.6 Å². The lowest BCUT2D eigenvalue weighted by Gasteiger charge is -2.30. The highest BCUT2D eigenvalue weighted by atomic mass is 35.5. The molecular weight excluding hydrogens is 324 g/mol. The molecule has 1 heterocycles. The number of ether oxygens (including phenoxy) is 1. The second-order valence-electron chi connectivity index (χ2n) is 5.87. The molecule has 0 spiro atoms. The molecule has 0 saturated carbocycles. The van der Waals surface area contributed by atoms with E-state index in [0.717, 1.165) is 23.4 Å². The van der Waals surface area contributed by atoms with Crippen LogP contribution in [0.1, 0.15) is 23.6 Å². The van der Waals surface area contributed by atoms with Gasteiger partial charge < -0.3 is 10.1 Å². The van der Waals surface area contributed by atoms with Gasteiger partial charge in [0, 0.05) is 42.7 Å². The summed E-state index contributed by atoms with van der Waals surface area (Å²) in [5.74, 6) is 0.857. The minimum Gasteiger partial charge on any atom is -0.496 e. The molecule has 4 nitrogen and oxygen atoms in total. The number of rotatable bonds is 4. The Morgan fingerprint density at radius 1 is 1.21 bits per heavy atom. The Morgan fingerprint density at radius 3 is 2.75 bits per heavy atom. The van der Waals surface area contributed by atoms with Crippen molar-refractivity contribution in [3.8, 4) is 5.75 Å². The van der Waals surface area contributed by atoms with Crippen molar-refractivity contribution >= 4 is 17.5 Å². The molecular formula is C19H21ClN2O2. The Labute approximate surface area is 147 Å². The van der Waals surface area contributed by atoms with Crippen LogP contribution >= 0.6 is 11.6 Å².